The minimum Gasteiger partial charge on any atom is -0.344 e. The number of H-pyrrole nitrogens is 1. The molecule has 3 N–H and O–H groups in total. The van der Waals surface area contributed by atoms with Crippen molar-refractivity contribution < 1.29 is 5.21 Å². The van der Waals surface area contributed by atoms with E-state index in [1.807, 2.05) is 11.5 Å². The normalized spacial score (nSPS) is 10.4. The standard InChI is InChI=1S/C7H12N2O/c1-5(2)6-3-4-7(8-6)9-10/h3-5,8-10H,1-2H3. The summed E-state index contributed by atoms with van der Waals surface area (Å²) >= 11 is 0. The van der Waals surface area contributed by atoms with E-state index in [-0.39, 0.29) is 0 Å². The third-order valence-corrected chi connectivity index (χ3v) is 1.45. The van der Waals surface area contributed by atoms with Crippen molar-refractivity contribution in [1.29, 1.82) is 0 Å². The molecule has 10 heavy (non-hydrogen) atoms. The Morgan fingerprint density at radius 2 is 2.20 bits per heavy atom. The van der Waals surface area contributed by atoms with Crippen LogP contribution in [0.2, 0.25) is 0 Å². The average molecular weight is 140 g/mol. The molecule has 0 radical (unpaired) electrons. The molecule has 0 atom stereocenters. The van der Waals surface area contributed by atoms with Crippen molar-refractivity contribution in [3.05, 3.63) is 17.8 Å². The van der Waals surface area contributed by atoms with Crippen molar-refractivity contribution in [2.45, 2.75) is 19.8 Å². The SMILES string of the molecule is CC(C)c1ccc(NO)[nH]1. The first-order valence-corrected chi connectivity index (χ1v) is 3.33. The lowest BCUT2D eigenvalue weighted by atomic mass is 10.1. The average Bonchev–Trinajstić information content (AvgIpc) is 2.34. The molecule has 3 heteroatoms. The van der Waals surface area contributed by atoms with E-state index in [1.54, 1.807) is 6.07 Å². The first-order valence-electron chi connectivity index (χ1n) is 3.33. The Morgan fingerprint density at radius 1 is 1.50 bits per heavy atom. The van der Waals surface area contributed by atoms with Crippen LogP contribution in [0.1, 0.15) is 25.5 Å². The van der Waals surface area contributed by atoms with Crippen molar-refractivity contribution in [3.8, 4) is 0 Å². The van der Waals surface area contributed by atoms with E-state index in [1.165, 1.54) is 0 Å². The van der Waals surface area contributed by atoms with E-state index < -0.39 is 0 Å². The summed E-state index contributed by atoms with van der Waals surface area (Å²) in [5.41, 5.74) is 3.17. The van der Waals surface area contributed by atoms with E-state index in [9.17, 15) is 0 Å². The van der Waals surface area contributed by atoms with Gasteiger partial charge in [-0.1, -0.05) is 13.8 Å². The van der Waals surface area contributed by atoms with Crippen LogP contribution in [0.4, 0.5) is 5.82 Å². The Morgan fingerprint density at radius 3 is 2.50 bits per heavy atom. The molecular formula is C7H12N2O. The predicted molar refractivity (Wildman–Crippen MR) is 40.3 cm³/mol. The van der Waals surface area contributed by atoms with Crippen LogP contribution in [0.3, 0.4) is 0 Å². The molecule has 0 spiro atoms. The topological polar surface area (TPSA) is 48.0 Å². The molecule has 1 aromatic rings. The molecule has 3 nitrogen and oxygen atoms in total. The Labute approximate surface area is 60.0 Å². The highest BCUT2D eigenvalue weighted by atomic mass is 16.5. The maximum absolute atomic E-state index is 8.45. The number of aromatic nitrogens is 1. The summed E-state index contributed by atoms with van der Waals surface area (Å²) < 4.78 is 0. The number of hydrogen-bond acceptors (Lipinski definition) is 2. The van der Waals surface area contributed by atoms with Crippen molar-refractivity contribution >= 4 is 5.82 Å². The smallest absolute Gasteiger partial charge is 0.127 e. The molecule has 0 amide bonds. The molecule has 0 saturated carbocycles. The third kappa shape index (κ3) is 1.30. The van der Waals surface area contributed by atoms with Gasteiger partial charge >= 0.3 is 0 Å². The molecule has 0 bridgehead atoms. The van der Waals surface area contributed by atoms with Gasteiger partial charge in [-0.3, -0.25) is 10.7 Å². The minimum absolute atomic E-state index is 0.474. The fourth-order valence-corrected chi connectivity index (χ4v) is 0.814. The second-order valence-electron chi connectivity index (χ2n) is 2.59. The molecule has 0 aromatic carbocycles. The lowest BCUT2D eigenvalue weighted by Crippen LogP contribution is -1.90. The third-order valence-electron chi connectivity index (χ3n) is 1.45. The van der Waals surface area contributed by atoms with Crippen LogP contribution in [0.5, 0.6) is 0 Å². The van der Waals surface area contributed by atoms with Gasteiger partial charge in [-0.25, -0.2) is 0 Å². The Kier molecular flexibility index (Phi) is 1.97. The van der Waals surface area contributed by atoms with E-state index in [0.29, 0.717) is 11.7 Å². The van der Waals surface area contributed by atoms with Gasteiger partial charge < -0.3 is 4.98 Å². The highest BCUT2D eigenvalue weighted by Crippen LogP contribution is 2.14. The lowest BCUT2D eigenvalue weighted by Gasteiger charge is -1.99. The zero-order chi connectivity index (χ0) is 7.56. The van der Waals surface area contributed by atoms with Crippen molar-refractivity contribution in [1.82, 2.24) is 4.98 Å². The van der Waals surface area contributed by atoms with Gasteiger partial charge in [0.1, 0.15) is 5.82 Å². The number of rotatable bonds is 2. The molecule has 0 aliphatic carbocycles. The molecule has 1 heterocycles. The summed E-state index contributed by atoms with van der Waals surface area (Å²) in [6.45, 7) is 4.18. The molecule has 0 aliphatic rings. The van der Waals surface area contributed by atoms with Gasteiger partial charge in [0, 0.05) is 5.69 Å². The van der Waals surface area contributed by atoms with Crippen molar-refractivity contribution in [2.24, 2.45) is 0 Å². The highest BCUT2D eigenvalue weighted by molar-refractivity contribution is 5.35. The van der Waals surface area contributed by atoms with Crippen LogP contribution in [-0.2, 0) is 0 Å². The molecule has 0 unspecified atom stereocenters. The van der Waals surface area contributed by atoms with Crippen LogP contribution >= 0.6 is 0 Å². The number of hydrogen-bond donors (Lipinski definition) is 3. The monoisotopic (exact) mass is 140 g/mol. The Balaban J connectivity index is 2.78. The van der Waals surface area contributed by atoms with E-state index in [0.717, 1.165) is 5.69 Å². The maximum atomic E-state index is 8.45. The summed E-state index contributed by atoms with van der Waals surface area (Å²) in [6.07, 6.45) is 0. The fraction of sp³-hybridized carbons (Fsp3) is 0.429. The van der Waals surface area contributed by atoms with Gasteiger partial charge in [0.25, 0.3) is 0 Å². The zero-order valence-corrected chi connectivity index (χ0v) is 6.18. The Hall–Kier alpha value is -0.960. The van der Waals surface area contributed by atoms with E-state index >= 15 is 0 Å². The molecule has 1 rings (SSSR count). The highest BCUT2D eigenvalue weighted by Gasteiger charge is 2.00. The molecule has 0 fully saturated rings. The largest absolute Gasteiger partial charge is 0.344 e. The van der Waals surface area contributed by atoms with E-state index in [4.69, 9.17) is 5.21 Å². The summed E-state index contributed by atoms with van der Waals surface area (Å²) in [7, 11) is 0. The fourth-order valence-electron chi connectivity index (χ4n) is 0.814. The van der Waals surface area contributed by atoms with Gasteiger partial charge in [-0.15, -0.1) is 0 Å². The second-order valence-corrected chi connectivity index (χ2v) is 2.59. The summed E-state index contributed by atoms with van der Waals surface area (Å²) in [6, 6.07) is 3.75. The van der Waals surface area contributed by atoms with Gasteiger partial charge in [-0.2, -0.15) is 0 Å². The summed E-state index contributed by atoms with van der Waals surface area (Å²) in [5, 5.41) is 8.45. The molecule has 0 saturated heterocycles. The molecular weight excluding hydrogens is 128 g/mol. The van der Waals surface area contributed by atoms with Gasteiger partial charge in [0.15, 0.2) is 0 Å². The second kappa shape index (κ2) is 2.75. The van der Waals surface area contributed by atoms with Gasteiger partial charge in [0.2, 0.25) is 0 Å². The predicted octanol–water partition coefficient (Wildman–Crippen LogP) is 1.94. The maximum Gasteiger partial charge on any atom is 0.127 e. The van der Waals surface area contributed by atoms with Crippen LogP contribution in [0.25, 0.3) is 0 Å². The lowest BCUT2D eigenvalue weighted by molar-refractivity contribution is 0.386. The minimum atomic E-state index is 0.474. The Bertz CT molecular complexity index is 205. The quantitative estimate of drug-likeness (QED) is 0.550. The molecule has 56 valence electrons. The first kappa shape index (κ1) is 7.15. The number of nitrogens with one attached hydrogen (secondary N) is 2. The number of anilines is 1. The molecule has 1 aromatic heterocycles. The van der Waals surface area contributed by atoms with Crippen LogP contribution in [-0.4, -0.2) is 10.2 Å². The summed E-state index contributed by atoms with van der Waals surface area (Å²) in [4.78, 5) is 3.00. The zero-order valence-electron chi connectivity index (χ0n) is 6.18. The van der Waals surface area contributed by atoms with Crippen LogP contribution in [0, 0.1) is 0 Å². The van der Waals surface area contributed by atoms with E-state index in [2.05, 4.69) is 18.8 Å². The molecule has 0 aliphatic heterocycles. The van der Waals surface area contributed by atoms with Gasteiger partial charge in [-0.05, 0) is 18.1 Å². The van der Waals surface area contributed by atoms with Crippen LogP contribution in [0.15, 0.2) is 12.1 Å². The van der Waals surface area contributed by atoms with Crippen molar-refractivity contribution in [2.75, 3.05) is 5.48 Å². The van der Waals surface area contributed by atoms with Crippen molar-refractivity contribution in [3.63, 3.8) is 0 Å². The van der Waals surface area contributed by atoms with Gasteiger partial charge in [0.05, 0.1) is 0 Å². The summed E-state index contributed by atoms with van der Waals surface area (Å²) in [5.74, 6) is 1.12. The first-order chi connectivity index (χ1) is 4.74. The van der Waals surface area contributed by atoms with Crippen LogP contribution < -0.4 is 5.48 Å². The number of aromatic amines is 1.